The lowest BCUT2D eigenvalue weighted by Gasteiger charge is -2.02. The van der Waals surface area contributed by atoms with Gasteiger partial charge in [0.05, 0.1) is 12.2 Å². The van der Waals surface area contributed by atoms with Crippen molar-refractivity contribution in [1.82, 2.24) is 0 Å². The van der Waals surface area contributed by atoms with Crippen molar-refractivity contribution in [2.45, 2.75) is 32.0 Å². The molecule has 0 amide bonds. The molecule has 2 N–H and O–H groups in total. The molecule has 0 saturated carbocycles. The monoisotopic (exact) mass is 210 g/mol. The highest BCUT2D eigenvalue weighted by atomic mass is 16.3. The second kappa shape index (κ2) is 9.37. The third kappa shape index (κ3) is 10.7. The molecule has 0 radical (unpaired) electrons. The van der Waals surface area contributed by atoms with Crippen molar-refractivity contribution >= 4 is 6.29 Å². The molecule has 0 aromatic rings. The molecule has 3 heteroatoms. The minimum Gasteiger partial charge on any atom is -0.389 e. The summed E-state index contributed by atoms with van der Waals surface area (Å²) in [7, 11) is 0. The van der Waals surface area contributed by atoms with E-state index >= 15 is 0 Å². The van der Waals surface area contributed by atoms with Crippen LogP contribution < -0.4 is 0 Å². The van der Waals surface area contributed by atoms with E-state index in [4.69, 9.17) is 5.11 Å². The van der Waals surface area contributed by atoms with Gasteiger partial charge in [0, 0.05) is 0 Å². The molecule has 2 atom stereocenters. The maximum Gasteiger partial charge on any atom is 0.142 e. The topological polar surface area (TPSA) is 57.5 Å². The number of carbonyl (C=O) groups excluding carboxylic acids is 1. The molecule has 0 rings (SSSR count). The van der Waals surface area contributed by atoms with Crippen LogP contribution in [0.25, 0.3) is 0 Å². The lowest BCUT2D eigenvalue weighted by molar-refractivity contribution is -0.104. The van der Waals surface area contributed by atoms with Crippen LogP contribution in [-0.4, -0.2) is 28.7 Å². The lowest BCUT2D eigenvalue weighted by Crippen LogP contribution is -2.03. The van der Waals surface area contributed by atoms with E-state index < -0.39 is 12.2 Å². The first-order chi connectivity index (χ1) is 7.16. The Bertz CT molecular complexity index is 239. The third-order valence-electron chi connectivity index (χ3n) is 1.68. The van der Waals surface area contributed by atoms with Gasteiger partial charge in [-0.15, -0.1) is 0 Å². The Morgan fingerprint density at radius 3 is 2.47 bits per heavy atom. The molecule has 0 aliphatic heterocycles. The second-order valence-corrected chi connectivity index (χ2v) is 3.22. The van der Waals surface area contributed by atoms with Gasteiger partial charge in [-0.2, -0.15) is 0 Å². The fraction of sp³-hybridized carbons (Fsp3) is 0.417. The zero-order valence-electron chi connectivity index (χ0n) is 8.91. The van der Waals surface area contributed by atoms with E-state index in [-0.39, 0.29) is 0 Å². The molecular formula is C12H18O3. The largest absolute Gasteiger partial charge is 0.389 e. The van der Waals surface area contributed by atoms with Crippen LogP contribution in [0.3, 0.4) is 0 Å². The van der Waals surface area contributed by atoms with Crippen LogP contribution in [0.2, 0.25) is 0 Å². The van der Waals surface area contributed by atoms with Gasteiger partial charge in [-0.1, -0.05) is 30.4 Å². The van der Waals surface area contributed by atoms with Crippen molar-refractivity contribution in [3.05, 3.63) is 36.5 Å². The van der Waals surface area contributed by atoms with Crippen molar-refractivity contribution in [3.63, 3.8) is 0 Å². The number of aldehydes is 1. The summed E-state index contributed by atoms with van der Waals surface area (Å²) < 4.78 is 0. The molecule has 0 saturated heterocycles. The summed E-state index contributed by atoms with van der Waals surface area (Å²) in [6.07, 6.45) is 10.8. The van der Waals surface area contributed by atoms with E-state index in [1.165, 1.54) is 6.08 Å². The average molecular weight is 210 g/mol. The molecule has 0 fully saturated rings. The number of aliphatic hydroxyl groups is 2. The Kier molecular flexibility index (Phi) is 8.63. The third-order valence-corrected chi connectivity index (χ3v) is 1.68. The van der Waals surface area contributed by atoms with Crippen molar-refractivity contribution in [2.75, 3.05) is 0 Å². The number of hydrogen-bond donors (Lipinski definition) is 2. The Balaban J connectivity index is 3.62. The summed E-state index contributed by atoms with van der Waals surface area (Å²) in [5.41, 5.74) is 0. The lowest BCUT2D eigenvalue weighted by atomic mass is 10.1. The summed E-state index contributed by atoms with van der Waals surface area (Å²) in [4.78, 5) is 9.90. The van der Waals surface area contributed by atoms with Crippen molar-refractivity contribution in [2.24, 2.45) is 0 Å². The van der Waals surface area contributed by atoms with Crippen molar-refractivity contribution < 1.29 is 15.0 Å². The molecule has 15 heavy (non-hydrogen) atoms. The molecule has 0 aromatic heterocycles. The van der Waals surface area contributed by atoms with Gasteiger partial charge in [0.1, 0.15) is 6.29 Å². The van der Waals surface area contributed by atoms with Gasteiger partial charge in [-0.05, 0) is 25.8 Å². The SMILES string of the molecule is CC(O)C=CC(O)CCC=CC=CC=O. The zero-order chi connectivity index (χ0) is 11.5. The van der Waals surface area contributed by atoms with E-state index in [0.717, 1.165) is 6.42 Å². The maximum absolute atomic E-state index is 9.90. The van der Waals surface area contributed by atoms with Gasteiger partial charge >= 0.3 is 0 Å². The van der Waals surface area contributed by atoms with Gasteiger partial charge in [0.15, 0.2) is 0 Å². The summed E-state index contributed by atoms with van der Waals surface area (Å²) in [5, 5.41) is 18.3. The van der Waals surface area contributed by atoms with Crippen LogP contribution >= 0.6 is 0 Å². The average Bonchev–Trinajstić information content (AvgIpc) is 2.20. The molecule has 0 aliphatic rings. The van der Waals surface area contributed by atoms with Crippen molar-refractivity contribution in [1.29, 1.82) is 0 Å². The fourth-order valence-electron chi connectivity index (χ4n) is 0.937. The Labute approximate surface area is 90.4 Å². The highest BCUT2D eigenvalue weighted by molar-refractivity contribution is 5.65. The van der Waals surface area contributed by atoms with E-state index in [9.17, 15) is 9.90 Å². The summed E-state index contributed by atoms with van der Waals surface area (Å²) in [5.74, 6) is 0. The summed E-state index contributed by atoms with van der Waals surface area (Å²) in [6.45, 7) is 1.63. The predicted octanol–water partition coefficient (Wildman–Crippen LogP) is 1.38. The number of hydrogen-bond acceptors (Lipinski definition) is 3. The number of aliphatic hydroxyl groups excluding tert-OH is 2. The van der Waals surface area contributed by atoms with Crippen LogP contribution in [0.1, 0.15) is 19.8 Å². The number of rotatable bonds is 7. The van der Waals surface area contributed by atoms with Crippen LogP contribution in [0.5, 0.6) is 0 Å². The Morgan fingerprint density at radius 2 is 1.87 bits per heavy atom. The molecule has 84 valence electrons. The summed E-state index contributed by atoms with van der Waals surface area (Å²) >= 11 is 0. The fourth-order valence-corrected chi connectivity index (χ4v) is 0.937. The molecule has 0 aromatic carbocycles. The van der Waals surface area contributed by atoms with Crippen LogP contribution in [-0.2, 0) is 4.79 Å². The molecular weight excluding hydrogens is 192 g/mol. The molecule has 0 aliphatic carbocycles. The smallest absolute Gasteiger partial charge is 0.142 e. The van der Waals surface area contributed by atoms with Gasteiger partial charge in [-0.25, -0.2) is 0 Å². The zero-order valence-corrected chi connectivity index (χ0v) is 8.91. The van der Waals surface area contributed by atoms with Crippen LogP contribution in [0.15, 0.2) is 36.5 Å². The second-order valence-electron chi connectivity index (χ2n) is 3.22. The van der Waals surface area contributed by atoms with E-state index in [0.29, 0.717) is 12.7 Å². The number of carbonyl (C=O) groups is 1. The first-order valence-electron chi connectivity index (χ1n) is 4.98. The first kappa shape index (κ1) is 13.8. The Hall–Kier alpha value is -1.19. The first-order valence-corrected chi connectivity index (χ1v) is 4.98. The highest BCUT2D eigenvalue weighted by Crippen LogP contribution is 2.00. The van der Waals surface area contributed by atoms with Gasteiger partial charge in [0.25, 0.3) is 0 Å². The summed E-state index contributed by atoms with van der Waals surface area (Å²) in [6, 6.07) is 0. The van der Waals surface area contributed by atoms with Crippen LogP contribution in [0.4, 0.5) is 0 Å². The van der Waals surface area contributed by atoms with Crippen LogP contribution in [0, 0.1) is 0 Å². The molecule has 0 heterocycles. The van der Waals surface area contributed by atoms with Gasteiger partial charge in [-0.3, -0.25) is 4.79 Å². The normalized spacial score (nSPS) is 16.5. The van der Waals surface area contributed by atoms with E-state index in [1.54, 1.807) is 31.2 Å². The maximum atomic E-state index is 9.90. The predicted molar refractivity (Wildman–Crippen MR) is 60.4 cm³/mol. The minimum absolute atomic E-state index is 0.522. The van der Waals surface area contributed by atoms with Crippen molar-refractivity contribution in [3.8, 4) is 0 Å². The number of allylic oxidation sites excluding steroid dienone is 4. The molecule has 0 bridgehead atoms. The van der Waals surface area contributed by atoms with Gasteiger partial charge in [0.2, 0.25) is 0 Å². The standard InChI is InChI=1S/C12H18O3/c1-11(14)8-9-12(15)7-5-3-2-4-6-10-13/h2-4,6,8-12,14-15H,5,7H2,1H3. The molecule has 3 nitrogen and oxygen atoms in total. The molecule has 2 unspecified atom stereocenters. The minimum atomic E-state index is -0.528. The highest BCUT2D eigenvalue weighted by Gasteiger charge is 1.96. The van der Waals surface area contributed by atoms with Gasteiger partial charge < -0.3 is 10.2 Å². The van der Waals surface area contributed by atoms with E-state index in [1.807, 2.05) is 6.08 Å². The quantitative estimate of drug-likeness (QED) is 0.289. The molecule has 0 spiro atoms. The van der Waals surface area contributed by atoms with E-state index in [2.05, 4.69) is 0 Å². The Morgan fingerprint density at radius 1 is 1.13 bits per heavy atom.